The van der Waals surface area contributed by atoms with Crippen LogP contribution in [0.15, 0.2) is 30.5 Å². The maximum atomic E-state index is 12.4. The minimum atomic E-state index is -0.0449. The number of likely N-dealkylation sites (tertiary alicyclic amines) is 1. The highest BCUT2D eigenvalue weighted by atomic mass is 35.5. The van der Waals surface area contributed by atoms with Crippen molar-refractivity contribution < 1.29 is 9.53 Å². The van der Waals surface area contributed by atoms with Crippen molar-refractivity contribution in [2.24, 2.45) is 0 Å². The van der Waals surface area contributed by atoms with Gasteiger partial charge in [-0.2, -0.15) is 0 Å². The number of halogens is 1. The summed E-state index contributed by atoms with van der Waals surface area (Å²) in [7, 11) is 0. The number of benzene rings is 1. The van der Waals surface area contributed by atoms with Crippen molar-refractivity contribution in [3.63, 3.8) is 0 Å². The van der Waals surface area contributed by atoms with Crippen LogP contribution in [0.3, 0.4) is 0 Å². The largest absolute Gasteiger partial charge is 0.482 e. The van der Waals surface area contributed by atoms with E-state index in [0.717, 1.165) is 30.9 Å². The van der Waals surface area contributed by atoms with Crippen molar-refractivity contribution in [3.8, 4) is 5.75 Å². The quantitative estimate of drug-likeness (QED) is 0.942. The normalized spacial score (nSPS) is 17.7. The molecule has 1 aliphatic rings. The van der Waals surface area contributed by atoms with E-state index in [0.29, 0.717) is 10.8 Å². The van der Waals surface area contributed by atoms with Gasteiger partial charge in [0.15, 0.2) is 6.61 Å². The SMILES string of the molecule is Cc1cnc([C@H]2CCCN2C(=O)COc2ccccc2Cl)[nH]1. The Morgan fingerprint density at radius 3 is 3.05 bits per heavy atom. The molecule has 1 aromatic carbocycles. The molecular formula is C16H18ClN3O2. The highest BCUT2D eigenvalue weighted by Gasteiger charge is 2.31. The van der Waals surface area contributed by atoms with Gasteiger partial charge in [0.2, 0.25) is 0 Å². The van der Waals surface area contributed by atoms with E-state index in [4.69, 9.17) is 16.3 Å². The van der Waals surface area contributed by atoms with Gasteiger partial charge in [-0.05, 0) is 31.9 Å². The van der Waals surface area contributed by atoms with E-state index >= 15 is 0 Å². The number of aryl methyl sites for hydroxylation is 1. The van der Waals surface area contributed by atoms with Gasteiger partial charge in [0, 0.05) is 18.4 Å². The van der Waals surface area contributed by atoms with Crippen LogP contribution in [0.2, 0.25) is 5.02 Å². The molecule has 1 aliphatic heterocycles. The first-order valence-corrected chi connectivity index (χ1v) is 7.71. The molecule has 3 rings (SSSR count). The van der Waals surface area contributed by atoms with E-state index in [2.05, 4.69) is 9.97 Å². The second kappa shape index (κ2) is 6.40. The topological polar surface area (TPSA) is 58.2 Å². The third kappa shape index (κ3) is 3.09. The molecule has 1 amide bonds. The van der Waals surface area contributed by atoms with Crippen molar-refractivity contribution in [3.05, 3.63) is 47.0 Å². The van der Waals surface area contributed by atoms with Crippen LogP contribution < -0.4 is 4.74 Å². The van der Waals surface area contributed by atoms with Crippen LogP contribution in [0.4, 0.5) is 0 Å². The Bertz CT molecular complexity index is 671. The molecule has 0 radical (unpaired) electrons. The number of imidazole rings is 1. The van der Waals surface area contributed by atoms with Crippen molar-refractivity contribution in [2.75, 3.05) is 13.2 Å². The zero-order valence-corrected chi connectivity index (χ0v) is 13.1. The summed E-state index contributed by atoms with van der Waals surface area (Å²) in [5.41, 5.74) is 1.00. The number of rotatable bonds is 4. The molecule has 1 N–H and O–H groups in total. The molecule has 0 bridgehead atoms. The summed E-state index contributed by atoms with van der Waals surface area (Å²) in [6.07, 6.45) is 3.68. The lowest BCUT2D eigenvalue weighted by atomic mass is 10.2. The first kappa shape index (κ1) is 14.9. The number of carbonyl (C=O) groups is 1. The van der Waals surface area contributed by atoms with Gasteiger partial charge in [0.25, 0.3) is 5.91 Å². The van der Waals surface area contributed by atoms with E-state index in [1.165, 1.54) is 0 Å². The number of aromatic nitrogens is 2. The van der Waals surface area contributed by atoms with Crippen LogP contribution in [0, 0.1) is 6.92 Å². The van der Waals surface area contributed by atoms with Gasteiger partial charge in [0.05, 0.1) is 11.1 Å². The van der Waals surface area contributed by atoms with Crippen molar-refractivity contribution in [1.29, 1.82) is 0 Å². The molecule has 0 aliphatic carbocycles. The minimum Gasteiger partial charge on any atom is -0.482 e. The van der Waals surface area contributed by atoms with E-state index < -0.39 is 0 Å². The van der Waals surface area contributed by atoms with Gasteiger partial charge in [-0.15, -0.1) is 0 Å². The number of amides is 1. The third-order valence-corrected chi connectivity index (χ3v) is 4.11. The third-order valence-electron chi connectivity index (χ3n) is 3.80. The molecular weight excluding hydrogens is 302 g/mol. The molecule has 116 valence electrons. The molecule has 0 saturated carbocycles. The molecule has 6 heteroatoms. The van der Waals surface area contributed by atoms with Crippen LogP contribution in [0.5, 0.6) is 5.75 Å². The zero-order valence-electron chi connectivity index (χ0n) is 12.4. The van der Waals surface area contributed by atoms with E-state index in [1.807, 2.05) is 24.0 Å². The Morgan fingerprint density at radius 2 is 2.32 bits per heavy atom. The highest BCUT2D eigenvalue weighted by Crippen LogP contribution is 2.30. The van der Waals surface area contributed by atoms with Crippen LogP contribution in [0.25, 0.3) is 0 Å². The molecule has 2 heterocycles. The molecule has 1 saturated heterocycles. The van der Waals surface area contributed by atoms with Gasteiger partial charge in [-0.1, -0.05) is 23.7 Å². The maximum Gasteiger partial charge on any atom is 0.261 e. The average molecular weight is 320 g/mol. The van der Waals surface area contributed by atoms with Gasteiger partial charge in [-0.3, -0.25) is 4.79 Å². The van der Waals surface area contributed by atoms with E-state index in [-0.39, 0.29) is 18.6 Å². The molecule has 1 atom stereocenters. The number of hydrogen-bond donors (Lipinski definition) is 1. The fourth-order valence-electron chi connectivity index (χ4n) is 2.74. The summed E-state index contributed by atoms with van der Waals surface area (Å²) in [6.45, 7) is 2.67. The molecule has 2 aromatic rings. The lowest BCUT2D eigenvalue weighted by molar-refractivity contribution is -0.134. The number of H-pyrrole nitrogens is 1. The molecule has 1 fully saturated rings. The monoisotopic (exact) mass is 319 g/mol. The van der Waals surface area contributed by atoms with Crippen LogP contribution in [0.1, 0.15) is 30.4 Å². The van der Waals surface area contributed by atoms with E-state index in [9.17, 15) is 4.79 Å². The van der Waals surface area contributed by atoms with Crippen molar-refractivity contribution in [2.45, 2.75) is 25.8 Å². The molecule has 0 unspecified atom stereocenters. The first-order chi connectivity index (χ1) is 10.6. The summed E-state index contributed by atoms with van der Waals surface area (Å²) in [5.74, 6) is 1.33. The van der Waals surface area contributed by atoms with Gasteiger partial charge in [-0.25, -0.2) is 4.98 Å². The molecule has 5 nitrogen and oxygen atoms in total. The number of carbonyl (C=O) groups excluding carboxylic acids is 1. The predicted octanol–water partition coefficient (Wildman–Crippen LogP) is 3.11. The lowest BCUT2D eigenvalue weighted by Crippen LogP contribution is -2.34. The Labute approximate surface area is 134 Å². The smallest absolute Gasteiger partial charge is 0.261 e. The Hall–Kier alpha value is -2.01. The number of para-hydroxylation sites is 1. The molecule has 0 spiro atoms. The van der Waals surface area contributed by atoms with E-state index in [1.54, 1.807) is 18.3 Å². The fourth-order valence-corrected chi connectivity index (χ4v) is 2.93. The number of nitrogens with one attached hydrogen (secondary N) is 1. The standard InChI is InChI=1S/C16H18ClN3O2/c1-11-9-18-16(19-11)13-6-4-8-20(13)15(21)10-22-14-7-3-2-5-12(14)17/h2-3,5,7,9,13H,4,6,8,10H2,1H3,(H,18,19)/t13-/m1/s1. The summed E-state index contributed by atoms with van der Waals surface area (Å²) < 4.78 is 5.55. The summed E-state index contributed by atoms with van der Waals surface area (Å²) in [5, 5.41) is 0.509. The van der Waals surface area contributed by atoms with Crippen LogP contribution >= 0.6 is 11.6 Å². The molecule has 1 aromatic heterocycles. The van der Waals surface area contributed by atoms with Crippen LogP contribution in [-0.4, -0.2) is 33.9 Å². The first-order valence-electron chi connectivity index (χ1n) is 7.33. The van der Waals surface area contributed by atoms with Gasteiger partial charge < -0.3 is 14.6 Å². The minimum absolute atomic E-state index is 0.0102. The Kier molecular flexibility index (Phi) is 4.34. The van der Waals surface area contributed by atoms with Gasteiger partial charge >= 0.3 is 0 Å². The second-order valence-electron chi connectivity index (χ2n) is 5.42. The maximum absolute atomic E-state index is 12.4. The summed E-state index contributed by atoms with van der Waals surface area (Å²) in [6, 6.07) is 7.16. The van der Waals surface area contributed by atoms with Crippen molar-refractivity contribution in [1.82, 2.24) is 14.9 Å². The highest BCUT2D eigenvalue weighted by molar-refractivity contribution is 6.32. The number of hydrogen-bond acceptors (Lipinski definition) is 3. The second-order valence-corrected chi connectivity index (χ2v) is 5.82. The summed E-state index contributed by atoms with van der Waals surface area (Å²) in [4.78, 5) is 21.8. The summed E-state index contributed by atoms with van der Waals surface area (Å²) >= 11 is 6.03. The lowest BCUT2D eigenvalue weighted by Gasteiger charge is -2.23. The Morgan fingerprint density at radius 1 is 1.50 bits per heavy atom. The number of aromatic amines is 1. The molecule has 22 heavy (non-hydrogen) atoms. The number of ether oxygens (including phenoxy) is 1. The predicted molar refractivity (Wildman–Crippen MR) is 84.0 cm³/mol. The zero-order chi connectivity index (χ0) is 15.5. The van der Waals surface area contributed by atoms with Crippen LogP contribution in [-0.2, 0) is 4.79 Å². The number of nitrogens with zero attached hydrogens (tertiary/aromatic N) is 2. The Balaban J connectivity index is 1.65. The average Bonchev–Trinajstić information content (AvgIpc) is 3.14. The van der Waals surface area contributed by atoms with Crippen molar-refractivity contribution >= 4 is 17.5 Å². The van der Waals surface area contributed by atoms with Gasteiger partial charge in [0.1, 0.15) is 11.6 Å². The fraction of sp³-hybridized carbons (Fsp3) is 0.375.